The van der Waals surface area contributed by atoms with Crippen molar-refractivity contribution in [2.45, 2.75) is 83.7 Å². The maximum atomic E-state index is 5.94. The van der Waals surface area contributed by atoms with Crippen LogP contribution in [0, 0.1) is 0 Å². The van der Waals surface area contributed by atoms with E-state index in [-0.39, 0.29) is 6.10 Å². The molecule has 21 heavy (non-hydrogen) atoms. The molecule has 0 aliphatic carbocycles. The minimum absolute atomic E-state index is 0.265. The van der Waals surface area contributed by atoms with Crippen LogP contribution in [0.1, 0.15) is 77.6 Å². The summed E-state index contributed by atoms with van der Waals surface area (Å²) in [7, 11) is 0. The van der Waals surface area contributed by atoms with Crippen molar-refractivity contribution in [3.63, 3.8) is 0 Å². The summed E-state index contributed by atoms with van der Waals surface area (Å²) in [6.07, 6.45) is 15.3. The van der Waals surface area contributed by atoms with Gasteiger partial charge in [0, 0.05) is 10.8 Å². The van der Waals surface area contributed by atoms with Gasteiger partial charge in [-0.15, -0.1) is 11.3 Å². The lowest BCUT2D eigenvalue weighted by molar-refractivity contribution is 0.0842. The molecule has 2 heterocycles. The van der Waals surface area contributed by atoms with Crippen molar-refractivity contribution >= 4 is 11.3 Å². The molecule has 0 saturated heterocycles. The highest BCUT2D eigenvalue weighted by Crippen LogP contribution is 2.36. The van der Waals surface area contributed by atoms with Crippen molar-refractivity contribution in [1.29, 1.82) is 0 Å². The summed E-state index contributed by atoms with van der Waals surface area (Å²) >= 11 is 1.65. The quantitative estimate of drug-likeness (QED) is 0.453. The summed E-state index contributed by atoms with van der Waals surface area (Å²) in [4.78, 5) is 0. The average molecular weight is 311 g/mol. The monoisotopic (exact) mass is 310 g/mol. The highest BCUT2D eigenvalue weighted by atomic mass is 32.1. The predicted octanol–water partition coefficient (Wildman–Crippen LogP) is 6.20. The molecule has 120 valence electrons. The van der Waals surface area contributed by atoms with E-state index in [9.17, 15) is 0 Å². The lowest BCUT2D eigenvalue weighted by Crippen LogP contribution is -2.28. The van der Waals surface area contributed by atoms with Crippen LogP contribution in [-0.4, -0.2) is 12.7 Å². The van der Waals surface area contributed by atoms with Crippen molar-refractivity contribution in [1.82, 2.24) is 0 Å². The van der Waals surface area contributed by atoms with Crippen molar-refractivity contribution in [2.75, 3.05) is 6.61 Å². The smallest absolute Gasteiger partial charge is 0.172 e. The van der Waals surface area contributed by atoms with Gasteiger partial charge in [0.2, 0.25) is 0 Å². The van der Waals surface area contributed by atoms with Gasteiger partial charge in [0.1, 0.15) is 12.7 Å². The van der Waals surface area contributed by atoms with Gasteiger partial charge in [-0.05, 0) is 12.8 Å². The molecule has 2 rings (SSSR count). The van der Waals surface area contributed by atoms with Crippen LogP contribution in [0.2, 0.25) is 0 Å². The normalized spacial score (nSPS) is 17.1. The summed E-state index contributed by atoms with van der Waals surface area (Å²) in [6.45, 7) is 3.00. The van der Waals surface area contributed by atoms with E-state index in [1.165, 1.54) is 64.2 Å². The van der Waals surface area contributed by atoms with Crippen LogP contribution < -0.4 is 9.47 Å². The van der Waals surface area contributed by atoms with Crippen molar-refractivity contribution in [3.8, 4) is 11.5 Å². The molecule has 1 atom stereocenters. The Labute approximate surface area is 133 Å². The van der Waals surface area contributed by atoms with E-state index in [4.69, 9.17) is 9.47 Å². The van der Waals surface area contributed by atoms with Crippen molar-refractivity contribution < 1.29 is 9.47 Å². The Morgan fingerprint density at radius 1 is 0.905 bits per heavy atom. The van der Waals surface area contributed by atoms with Crippen LogP contribution in [0.25, 0.3) is 0 Å². The fourth-order valence-electron chi connectivity index (χ4n) is 2.86. The first kappa shape index (κ1) is 16.7. The summed E-state index contributed by atoms with van der Waals surface area (Å²) in [5.41, 5.74) is 0. The molecule has 3 heteroatoms. The molecule has 1 aliphatic rings. The van der Waals surface area contributed by atoms with Crippen molar-refractivity contribution in [2.24, 2.45) is 0 Å². The molecular formula is C18H30O2S. The van der Waals surface area contributed by atoms with E-state index >= 15 is 0 Å². The number of ether oxygens (including phenoxy) is 2. The second kappa shape index (κ2) is 10.1. The average Bonchev–Trinajstić information content (AvgIpc) is 2.97. The number of hydrogen-bond acceptors (Lipinski definition) is 3. The lowest BCUT2D eigenvalue weighted by atomic mass is 10.0. The third-order valence-electron chi connectivity index (χ3n) is 4.19. The van der Waals surface area contributed by atoms with Crippen LogP contribution in [0.15, 0.2) is 10.8 Å². The minimum Gasteiger partial charge on any atom is -0.485 e. The Balaban J connectivity index is 1.41. The van der Waals surface area contributed by atoms with Crippen LogP contribution in [0.3, 0.4) is 0 Å². The van der Waals surface area contributed by atoms with Crippen LogP contribution in [0.5, 0.6) is 11.5 Å². The standard InChI is InChI=1S/C18H30O2S/c1-2-3-4-5-6-7-8-9-10-11-12-16-13-19-17-14-21-15-18(17)20-16/h14-16H,2-13H2,1H3. The Hall–Kier alpha value is -0.700. The topological polar surface area (TPSA) is 18.5 Å². The Bertz CT molecular complexity index is 375. The van der Waals surface area contributed by atoms with Gasteiger partial charge in [0.05, 0.1) is 0 Å². The molecule has 1 aliphatic heterocycles. The first-order valence-electron chi connectivity index (χ1n) is 8.75. The van der Waals surface area contributed by atoms with Crippen LogP contribution >= 0.6 is 11.3 Å². The molecule has 0 aromatic carbocycles. The van der Waals surface area contributed by atoms with Gasteiger partial charge in [-0.3, -0.25) is 0 Å². The van der Waals surface area contributed by atoms with E-state index in [2.05, 4.69) is 6.92 Å². The molecule has 1 aromatic rings. The Morgan fingerprint density at radius 3 is 2.24 bits per heavy atom. The SMILES string of the molecule is CCCCCCCCCCCCC1COc2cscc2O1. The first-order valence-corrected chi connectivity index (χ1v) is 9.70. The zero-order chi connectivity index (χ0) is 14.8. The van der Waals surface area contributed by atoms with Crippen LogP contribution in [-0.2, 0) is 0 Å². The maximum absolute atomic E-state index is 5.94. The summed E-state index contributed by atoms with van der Waals surface area (Å²) in [5, 5.41) is 4.06. The van der Waals surface area contributed by atoms with Crippen molar-refractivity contribution in [3.05, 3.63) is 10.8 Å². The fourth-order valence-corrected chi connectivity index (χ4v) is 3.53. The van der Waals surface area contributed by atoms with Gasteiger partial charge < -0.3 is 9.47 Å². The lowest BCUT2D eigenvalue weighted by Gasteiger charge is -2.24. The van der Waals surface area contributed by atoms with E-state index in [0.717, 1.165) is 24.5 Å². The van der Waals surface area contributed by atoms with E-state index in [0.29, 0.717) is 0 Å². The second-order valence-electron chi connectivity index (χ2n) is 6.12. The first-order chi connectivity index (χ1) is 10.4. The number of fused-ring (bicyclic) bond motifs is 1. The third kappa shape index (κ3) is 6.29. The molecule has 1 aromatic heterocycles. The predicted molar refractivity (Wildman–Crippen MR) is 90.7 cm³/mol. The van der Waals surface area contributed by atoms with Gasteiger partial charge in [0.15, 0.2) is 11.5 Å². The number of thiophene rings is 1. The Morgan fingerprint density at radius 2 is 1.52 bits per heavy atom. The molecule has 1 unspecified atom stereocenters. The molecule has 0 saturated carbocycles. The van der Waals surface area contributed by atoms with E-state index in [1.54, 1.807) is 11.3 Å². The molecule has 0 fully saturated rings. The van der Waals surface area contributed by atoms with Gasteiger partial charge in [-0.25, -0.2) is 0 Å². The Kier molecular flexibility index (Phi) is 8.01. The molecule has 0 N–H and O–H groups in total. The largest absolute Gasteiger partial charge is 0.485 e. The molecular weight excluding hydrogens is 280 g/mol. The van der Waals surface area contributed by atoms with E-state index < -0.39 is 0 Å². The van der Waals surface area contributed by atoms with E-state index in [1.807, 2.05) is 10.8 Å². The molecule has 0 spiro atoms. The summed E-state index contributed by atoms with van der Waals surface area (Å²) < 4.78 is 11.6. The number of hydrogen-bond donors (Lipinski definition) is 0. The van der Waals surface area contributed by atoms with Crippen LogP contribution in [0.4, 0.5) is 0 Å². The fraction of sp³-hybridized carbons (Fsp3) is 0.778. The highest BCUT2D eigenvalue weighted by molar-refractivity contribution is 7.08. The highest BCUT2D eigenvalue weighted by Gasteiger charge is 2.20. The third-order valence-corrected chi connectivity index (χ3v) is 4.89. The zero-order valence-corrected chi connectivity index (χ0v) is 14.3. The molecule has 0 bridgehead atoms. The number of rotatable bonds is 11. The maximum Gasteiger partial charge on any atom is 0.172 e. The second-order valence-corrected chi connectivity index (χ2v) is 6.87. The van der Waals surface area contributed by atoms with Gasteiger partial charge in [-0.2, -0.15) is 0 Å². The molecule has 0 amide bonds. The molecule has 2 nitrogen and oxygen atoms in total. The molecule has 0 radical (unpaired) electrons. The number of unbranched alkanes of at least 4 members (excludes halogenated alkanes) is 9. The van der Waals surface area contributed by atoms with Gasteiger partial charge in [0.25, 0.3) is 0 Å². The van der Waals surface area contributed by atoms with Gasteiger partial charge in [-0.1, -0.05) is 64.7 Å². The summed E-state index contributed by atoms with van der Waals surface area (Å²) in [5.74, 6) is 1.88. The zero-order valence-electron chi connectivity index (χ0n) is 13.4. The van der Waals surface area contributed by atoms with Gasteiger partial charge >= 0.3 is 0 Å². The minimum atomic E-state index is 0.265. The summed E-state index contributed by atoms with van der Waals surface area (Å²) in [6, 6.07) is 0.